The van der Waals surface area contributed by atoms with Crippen molar-refractivity contribution in [1.29, 1.82) is 0 Å². The molecule has 0 amide bonds. The Bertz CT molecular complexity index is 2050. The summed E-state index contributed by atoms with van der Waals surface area (Å²) in [4.78, 5) is 73.3. The molecule has 0 spiro atoms. The summed E-state index contributed by atoms with van der Waals surface area (Å²) in [6.07, 6.45) is 72.1. The number of esters is 4. The van der Waals surface area contributed by atoms with Crippen LogP contribution in [0, 0.1) is 11.8 Å². The molecule has 17 nitrogen and oxygen atoms in total. The van der Waals surface area contributed by atoms with Crippen LogP contribution >= 0.6 is 15.6 Å². The highest BCUT2D eigenvalue weighted by Crippen LogP contribution is 2.45. The molecule has 0 aliphatic carbocycles. The van der Waals surface area contributed by atoms with Crippen LogP contribution in [0.1, 0.15) is 472 Å². The molecule has 0 bridgehead atoms. The quantitative estimate of drug-likeness (QED) is 0.0222. The van der Waals surface area contributed by atoms with E-state index in [-0.39, 0.29) is 25.7 Å². The molecule has 3 N–H and O–H groups in total. The number of phosphoric acid groups is 2. The lowest BCUT2D eigenvalue weighted by Gasteiger charge is -2.21. The van der Waals surface area contributed by atoms with E-state index in [1.54, 1.807) is 0 Å². The van der Waals surface area contributed by atoms with Gasteiger partial charge in [0.05, 0.1) is 26.4 Å². The highest BCUT2D eigenvalue weighted by Gasteiger charge is 2.30. The van der Waals surface area contributed by atoms with Crippen LogP contribution in [-0.4, -0.2) is 96.7 Å². The smallest absolute Gasteiger partial charge is 0.462 e. The highest BCUT2D eigenvalue weighted by atomic mass is 31.2. The van der Waals surface area contributed by atoms with Gasteiger partial charge in [0.15, 0.2) is 12.2 Å². The van der Waals surface area contributed by atoms with Crippen molar-refractivity contribution in [3.05, 3.63) is 0 Å². The van der Waals surface area contributed by atoms with Crippen molar-refractivity contribution >= 4 is 39.5 Å². The van der Waals surface area contributed by atoms with E-state index in [4.69, 9.17) is 37.0 Å². The number of aliphatic hydroxyl groups is 1. The Kier molecular flexibility index (Phi) is 77.9. The molecule has 0 aliphatic heterocycles. The molecule has 0 fully saturated rings. The van der Waals surface area contributed by atoms with Gasteiger partial charge in [0.1, 0.15) is 19.3 Å². The van der Waals surface area contributed by atoms with Crippen LogP contribution in [-0.2, 0) is 65.4 Å². The monoisotopic (exact) mass is 1560 g/mol. The second-order valence-corrected chi connectivity index (χ2v) is 35.5. The molecule has 0 aromatic carbocycles. The van der Waals surface area contributed by atoms with Gasteiger partial charge in [-0.15, -0.1) is 0 Å². The lowest BCUT2D eigenvalue weighted by atomic mass is 10.0. The van der Waals surface area contributed by atoms with Gasteiger partial charge in [-0.3, -0.25) is 37.3 Å². The van der Waals surface area contributed by atoms with Crippen molar-refractivity contribution in [3.8, 4) is 0 Å². The minimum atomic E-state index is -4.97. The first-order valence-corrected chi connectivity index (χ1v) is 48.5. The third-order valence-corrected chi connectivity index (χ3v) is 22.6. The maximum Gasteiger partial charge on any atom is 0.472 e. The summed E-state index contributed by atoms with van der Waals surface area (Å²) >= 11 is 0. The summed E-state index contributed by atoms with van der Waals surface area (Å²) in [5, 5.41) is 10.7. The molecule has 19 heteroatoms. The van der Waals surface area contributed by atoms with Crippen LogP contribution in [0.2, 0.25) is 0 Å². The summed E-state index contributed by atoms with van der Waals surface area (Å²) in [6.45, 7) is 9.76. The molecule has 5 atom stereocenters. The number of hydrogen-bond acceptors (Lipinski definition) is 15. The zero-order chi connectivity index (χ0) is 78.5. The molecule has 0 aliphatic rings. The molecule has 2 unspecified atom stereocenters. The zero-order valence-corrected chi connectivity index (χ0v) is 72.2. The minimum Gasteiger partial charge on any atom is -0.462 e. The van der Waals surface area contributed by atoms with Crippen LogP contribution < -0.4 is 0 Å². The molecule has 0 aromatic rings. The zero-order valence-electron chi connectivity index (χ0n) is 70.5. The van der Waals surface area contributed by atoms with E-state index >= 15 is 0 Å². The van der Waals surface area contributed by atoms with Gasteiger partial charge in [-0.1, -0.05) is 420 Å². The molecule has 107 heavy (non-hydrogen) atoms. The maximum atomic E-state index is 13.2. The Hall–Kier alpha value is -1.94. The van der Waals surface area contributed by atoms with E-state index in [9.17, 15) is 43.2 Å². The van der Waals surface area contributed by atoms with Crippen LogP contribution in [0.5, 0.6) is 0 Å². The first kappa shape index (κ1) is 105. The second kappa shape index (κ2) is 79.3. The predicted molar refractivity (Wildman–Crippen MR) is 442 cm³/mol. The van der Waals surface area contributed by atoms with Gasteiger partial charge in [0.2, 0.25) is 0 Å². The van der Waals surface area contributed by atoms with Gasteiger partial charge in [0, 0.05) is 25.7 Å². The largest absolute Gasteiger partial charge is 0.472 e. The molecule has 0 rings (SSSR count). The fourth-order valence-electron chi connectivity index (χ4n) is 13.8. The third-order valence-electron chi connectivity index (χ3n) is 20.7. The van der Waals surface area contributed by atoms with Crippen LogP contribution in [0.3, 0.4) is 0 Å². The summed E-state index contributed by atoms with van der Waals surface area (Å²) < 4.78 is 69.0. The van der Waals surface area contributed by atoms with Gasteiger partial charge in [-0.05, 0) is 37.5 Å². The Morgan fingerprint density at radius 3 is 0.636 bits per heavy atom. The van der Waals surface area contributed by atoms with Gasteiger partial charge >= 0.3 is 39.5 Å². The first-order chi connectivity index (χ1) is 51.9. The standard InChI is InChI=1S/C88H172O17P2/c1-7-9-11-13-15-17-19-21-28-36-42-48-54-60-66-72-87(92)104-83(76-98-85(90)70-64-58-52-46-40-20-18-16-14-12-10-8-2)78-102-106(94,95)100-74-82(89)75-101-107(96,97)103-79-84(77-99-86(91)71-65-59-53-47-41-35-31-27-26-30-34-39-45-51-57-63-69-81(5)6)105-88(93)73-67-61-55-49-43-37-32-25-23-22-24-29-33-38-44-50-56-62-68-80(3)4/h80-84,89H,7-79H2,1-6H3,(H,94,95)(H,96,97)/t82-,83+,84+/m0/s1. The number of aliphatic hydroxyl groups excluding tert-OH is 1. The number of rotatable bonds is 87. The van der Waals surface area contributed by atoms with Crippen molar-refractivity contribution in [2.24, 2.45) is 11.8 Å². The number of ether oxygens (including phenoxy) is 4. The number of hydrogen-bond donors (Lipinski definition) is 3. The normalized spacial score (nSPS) is 13.8. The van der Waals surface area contributed by atoms with Crippen molar-refractivity contribution in [3.63, 3.8) is 0 Å². The Morgan fingerprint density at radius 1 is 0.252 bits per heavy atom. The Morgan fingerprint density at radius 2 is 0.430 bits per heavy atom. The molecular formula is C88H172O17P2. The molecule has 0 saturated carbocycles. The fourth-order valence-corrected chi connectivity index (χ4v) is 15.4. The van der Waals surface area contributed by atoms with Crippen LogP contribution in [0.25, 0.3) is 0 Å². The van der Waals surface area contributed by atoms with E-state index in [1.807, 2.05) is 0 Å². The van der Waals surface area contributed by atoms with Crippen LogP contribution in [0.15, 0.2) is 0 Å². The molecule has 0 radical (unpaired) electrons. The number of carbonyl (C=O) groups is 4. The maximum absolute atomic E-state index is 13.2. The Labute approximate surface area is 658 Å². The summed E-state index contributed by atoms with van der Waals surface area (Å²) in [5.74, 6) is -0.464. The van der Waals surface area contributed by atoms with E-state index in [0.717, 1.165) is 102 Å². The topological polar surface area (TPSA) is 237 Å². The molecule has 0 heterocycles. The van der Waals surface area contributed by atoms with E-state index in [2.05, 4.69) is 41.5 Å². The van der Waals surface area contributed by atoms with Gasteiger partial charge in [-0.25, -0.2) is 9.13 Å². The average Bonchev–Trinajstić information content (AvgIpc) is 0.899. The predicted octanol–water partition coefficient (Wildman–Crippen LogP) is 27.0. The van der Waals surface area contributed by atoms with Crippen molar-refractivity contribution in [2.75, 3.05) is 39.6 Å². The van der Waals surface area contributed by atoms with E-state index < -0.39 is 97.5 Å². The van der Waals surface area contributed by atoms with Gasteiger partial charge < -0.3 is 33.8 Å². The average molecular weight is 1560 g/mol. The molecule has 0 aromatic heterocycles. The van der Waals surface area contributed by atoms with Crippen molar-refractivity contribution < 1.29 is 80.2 Å². The number of unbranched alkanes of at least 4 members (excludes halogenated alkanes) is 57. The lowest BCUT2D eigenvalue weighted by Crippen LogP contribution is -2.30. The third kappa shape index (κ3) is 81.9. The van der Waals surface area contributed by atoms with Gasteiger partial charge in [0.25, 0.3) is 0 Å². The van der Waals surface area contributed by atoms with Crippen molar-refractivity contribution in [1.82, 2.24) is 0 Å². The van der Waals surface area contributed by atoms with Crippen LogP contribution in [0.4, 0.5) is 0 Å². The van der Waals surface area contributed by atoms with E-state index in [0.29, 0.717) is 25.7 Å². The second-order valence-electron chi connectivity index (χ2n) is 32.6. The van der Waals surface area contributed by atoms with Gasteiger partial charge in [-0.2, -0.15) is 0 Å². The molecule has 636 valence electrons. The lowest BCUT2D eigenvalue weighted by molar-refractivity contribution is -0.161. The summed E-state index contributed by atoms with van der Waals surface area (Å²) in [5.41, 5.74) is 0. The number of phosphoric ester groups is 2. The number of carbonyl (C=O) groups excluding carboxylic acids is 4. The molecular weight excluding hydrogens is 1390 g/mol. The van der Waals surface area contributed by atoms with E-state index in [1.165, 1.54) is 289 Å². The minimum absolute atomic E-state index is 0.109. The fraction of sp³-hybridized carbons (Fsp3) is 0.955. The SMILES string of the molecule is CCCCCCCCCCCCCCCCCC(=O)O[C@H](COC(=O)CCCCCCCCCCCCCC)COP(=O)(O)OC[C@H](O)COP(=O)(O)OC[C@@H](COC(=O)CCCCCCCCCCCCCCCCCCC(C)C)OC(=O)CCCCCCCCCCCCCCCCCCCCC(C)C. The summed E-state index contributed by atoms with van der Waals surface area (Å²) in [6, 6.07) is 0. The Balaban J connectivity index is 5.24. The first-order valence-electron chi connectivity index (χ1n) is 45.5. The summed E-state index contributed by atoms with van der Waals surface area (Å²) in [7, 11) is -9.93. The molecule has 0 saturated heterocycles. The van der Waals surface area contributed by atoms with Crippen molar-refractivity contribution in [2.45, 2.75) is 490 Å². The highest BCUT2D eigenvalue weighted by molar-refractivity contribution is 7.47.